The predicted octanol–water partition coefficient (Wildman–Crippen LogP) is -0.202. The summed E-state index contributed by atoms with van der Waals surface area (Å²) < 4.78 is 5.01. The van der Waals surface area contributed by atoms with Crippen molar-refractivity contribution in [2.24, 2.45) is 5.92 Å². The summed E-state index contributed by atoms with van der Waals surface area (Å²) in [5, 5.41) is 21.0. The molecule has 106 valence electrons. The van der Waals surface area contributed by atoms with Gasteiger partial charge in [0.2, 0.25) is 0 Å². The number of piperidine rings is 1. The number of nitrogens with one attached hydrogen (secondary N) is 1. The van der Waals surface area contributed by atoms with Gasteiger partial charge in [-0.3, -0.25) is 0 Å². The highest BCUT2D eigenvalue weighted by Crippen LogP contribution is 2.20. The van der Waals surface area contributed by atoms with Crippen LogP contribution in [0.5, 0.6) is 0 Å². The topological polar surface area (TPSA) is 82.0 Å². The largest absolute Gasteiger partial charge is 0.450 e. The Morgan fingerprint density at radius 2 is 2.17 bits per heavy atom. The first-order valence-electron chi connectivity index (χ1n) is 6.58. The average Bonchev–Trinajstić information content (AvgIpc) is 2.37. The number of carbonyl (C=O) groups is 1. The van der Waals surface area contributed by atoms with E-state index < -0.39 is 0 Å². The van der Waals surface area contributed by atoms with Gasteiger partial charge in [-0.25, -0.2) is 4.79 Å². The molecule has 0 aromatic heterocycles. The van der Waals surface area contributed by atoms with E-state index in [0.29, 0.717) is 32.7 Å². The minimum atomic E-state index is -0.295. The third kappa shape index (κ3) is 4.80. The molecule has 0 radical (unpaired) electrons. The van der Waals surface area contributed by atoms with E-state index in [9.17, 15) is 4.79 Å². The first-order chi connectivity index (χ1) is 8.71. The van der Waals surface area contributed by atoms with Gasteiger partial charge < -0.3 is 25.2 Å². The smallest absolute Gasteiger partial charge is 0.409 e. The SMILES string of the molecule is CCOC(=O)N1CC(CCO)CC(NCCO)C1. The summed E-state index contributed by atoms with van der Waals surface area (Å²) in [6.07, 6.45) is 1.31. The monoisotopic (exact) mass is 260 g/mol. The van der Waals surface area contributed by atoms with Crippen LogP contribution < -0.4 is 5.32 Å². The quantitative estimate of drug-likeness (QED) is 0.616. The van der Waals surface area contributed by atoms with Crippen LogP contribution in [0, 0.1) is 5.92 Å². The fourth-order valence-corrected chi connectivity index (χ4v) is 2.38. The fraction of sp³-hybridized carbons (Fsp3) is 0.917. The Kier molecular flexibility index (Phi) is 7.00. The van der Waals surface area contributed by atoms with Crippen LogP contribution in [-0.2, 0) is 4.74 Å². The van der Waals surface area contributed by atoms with E-state index in [0.717, 1.165) is 6.42 Å². The molecular weight excluding hydrogens is 236 g/mol. The second-order valence-electron chi connectivity index (χ2n) is 4.59. The normalized spacial score (nSPS) is 24.1. The molecular formula is C12H24N2O4. The van der Waals surface area contributed by atoms with Gasteiger partial charge in [0.25, 0.3) is 0 Å². The lowest BCUT2D eigenvalue weighted by Gasteiger charge is -2.37. The second kappa shape index (κ2) is 8.29. The number of rotatable bonds is 6. The third-order valence-corrected chi connectivity index (χ3v) is 3.15. The van der Waals surface area contributed by atoms with Crippen molar-refractivity contribution in [3.05, 3.63) is 0 Å². The summed E-state index contributed by atoms with van der Waals surface area (Å²) >= 11 is 0. The Balaban J connectivity index is 2.52. The molecule has 6 nitrogen and oxygen atoms in total. The molecule has 6 heteroatoms. The molecule has 0 saturated carbocycles. The molecule has 1 amide bonds. The Morgan fingerprint density at radius 3 is 2.78 bits per heavy atom. The van der Waals surface area contributed by atoms with Gasteiger partial charge in [0, 0.05) is 32.3 Å². The number of aliphatic hydroxyl groups excluding tert-OH is 2. The van der Waals surface area contributed by atoms with E-state index in [1.54, 1.807) is 11.8 Å². The molecule has 1 fully saturated rings. The van der Waals surface area contributed by atoms with Crippen LogP contribution in [-0.4, -0.2) is 66.7 Å². The zero-order chi connectivity index (χ0) is 13.4. The maximum absolute atomic E-state index is 11.7. The first kappa shape index (κ1) is 15.2. The molecule has 1 aliphatic heterocycles. The summed E-state index contributed by atoms with van der Waals surface area (Å²) in [5.41, 5.74) is 0. The minimum absolute atomic E-state index is 0.0839. The van der Waals surface area contributed by atoms with Gasteiger partial charge in [0.05, 0.1) is 13.2 Å². The van der Waals surface area contributed by atoms with Crippen molar-refractivity contribution >= 4 is 6.09 Å². The molecule has 0 aromatic rings. The van der Waals surface area contributed by atoms with E-state index in [-0.39, 0.29) is 31.3 Å². The van der Waals surface area contributed by atoms with Crippen LogP contribution in [0.25, 0.3) is 0 Å². The number of aliphatic hydroxyl groups is 2. The van der Waals surface area contributed by atoms with Crippen LogP contribution in [0.2, 0.25) is 0 Å². The highest BCUT2D eigenvalue weighted by molar-refractivity contribution is 5.67. The summed E-state index contributed by atoms with van der Waals surface area (Å²) in [6.45, 7) is 4.13. The van der Waals surface area contributed by atoms with Gasteiger partial charge in [-0.1, -0.05) is 0 Å². The van der Waals surface area contributed by atoms with Crippen molar-refractivity contribution in [2.75, 3.05) is 39.5 Å². The maximum atomic E-state index is 11.7. The summed E-state index contributed by atoms with van der Waals surface area (Å²) in [5.74, 6) is 0.282. The van der Waals surface area contributed by atoms with Crippen LogP contribution >= 0.6 is 0 Å². The van der Waals surface area contributed by atoms with Crippen molar-refractivity contribution in [1.29, 1.82) is 0 Å². The van der Waals surface area contributed by atoms with Crippen molar-refractivity contribution < 1.29 is 19.7 Å². The Bertz CT molecular complexity index is 250. The van der Waals surface area contributed by atoms with Crippen molar-refractivity contribution in [2.45, 2.75) is 25.8 Å². The van der Waals surface area contributed by atoms with Gasteiger partial charge >= 0.3 is 6.09 Å². The molecule has 2 unspecified atom stereocenters. The van der Waals surface area contributed by atoms with Gasteiger partial charge in [-0.2, -0.15) is 0 Å². The molecule has 2 atom stereocenters. The second-order valence-corrected chi connectivity index (χ2v) is 4.59. The van der Waals surface area contributed by atoms with E-state index in [2.05, 4.69) is 5.32 Å². The number of hydrogen-bond acceptors (Lipinski definition) is 5. The lowest BCUT2D eigenvalue weighted by molar-refractivity contribution is 0.0728. The van der Waals surface area contributed by atoms with Gasteiger partial charge in [0.15, 0.2) is 0 Å². The van der Waals surface area contributed by atoms with Gasteiger partial charge in [-0.15, -0.1) is 0 Å². The first-order valence-corrected chi connectivity index (χ1v) is 6.58. The molecule has 1 rings (SSSR count). The van der Waals surface area contributed by atoms with Crippen LogP contribution in [0.4, 0.5) is 4.79 Å². The minimum Gasteiger partial charge on any atom is -0.450 e. The molecule has 1 heterocycles. The lowest BCUT2D eigenvalue weighted by atomic mass is 9.92. The van der Waals surface area contributed by atoms with Gasteiger partial charge in [-0.05, 0) is 25.7 Å². The molecule has 0 bridgehead atoms. The highest BCUT2D eigenvalue weighted by Gasteiger charge is 2.29. The van der Waals surface area contributed by atoms with Crippen LogP contribution in [0.15, 0.2) is 0 Å². The Hall–Kier alpha value is -0.850. The molecule has 0 spiro atoms. The molecule has 1 aliphatic rings. The molecule has 3 N–H and O–H groups in total. The maximum Gasteiger partial charge on any atom is 0.409 e. The van der Waals surface area contributed by atoms with Crippen molar-refractivity contribution in [3.63, 3.8) is 0 Å². The van der Waals surface area contributed by atoms with Crippen LogP contribution in [0.3, 0.4) is 0 Å². The lowest BCUT2D eigenvalue weighted by Crippen LogP contribution is -2.52. The summed E-state index contributed by atoms with van der Waals surface area (Å²) in [4.78, 5) is 13.4. The standard InChI is InChI=1S/C12H24N2O4/c1-2-18-12(17)14-8-10(3-5-15)7-11(9-14)13-4-6-16/h10-11,13,15-16H,2-9H2,1H3. The summed E-state index contributed by atoms with van der Waals surface area (Å²) in [7, 11) is 0. The highest BCUT2D eigenvalue weighted by atomic mass is 16.6. The van der Waals surface area contributed by atoms with E-state index in [1.165, 1.54) is 0 Å². The van der Waals surface area contributed by atoms with E-state index in [4.69, 9.17) is 14.9 Å². The van der Waals surface area contributed by atoms with Crippen LogP contribution in [0.1, 0.15) is 19.8 Å². The Morgan fingerprint density at radius 1 is 1.39 bits per heavy atom. The predicted molar refractivity (Wildman–Crippen MR) is 67.3 cm³/mol. The number of hydrogen-bond donors (Lipinski definition) is 3. The zero-order valence-corrected chi connectivity index (χ0v) is 11.0. The van der Waals surface area contributed by atoms with E-state index in [1.807, 2.05) is 0 Å². The molecule has 1 saturated heterocycles. The van der Waals surface area contributed by atoms with Crippen molar-refractivity contribution in [3.8, 4) is 0 Å². The average molecular weight is 260 g/mol. The Labute approximate surface area is 108 Å². The number of carbonyl (C=O) groups excluding carboxylic acids is 1. The number of nitrogens with zero attached hydrogens (tertiary/aromatic N) is 1. The molecule has 0 aliphatic carbocycles. The third-order valence-electron chi connectivity index (χ3n) is 3.15. The summed E-state index contributed by atoms with van der Waals surface area (Å²) in [6, 6.07) is 0.159. The number of likely N-dealkylation sites (tertiary alicyclic amines) is 1. The molecule has 0 aromatic carbocycles. The van der Waals surface area contributed by atoms with Gasteiger partial charge in [0.1, 0.15) is 0 Å². The fourth-order valence-electron chi connectivity index (χ4n) is 2.38. The number of ether oxygens (including phenoxy) is 1. The zero-order valence-electron chi connectivity index (χ0n) is 11.0. The van der Waals surface area contributed by atoms with E-state index >= 15 is 0 Å². The number of amides is 1. The van der Waals surface area contributed by atoms with Crippen molar-refractivity contribution in [1.82, 2.24) is 10.2 Å². The molecule has 18 heavy (non-hydrogen) atoms.